The molecule has 0 saturated carbocycles. The minimum Gasteiger partial charge on any atom is -0.490 e. The Morgan fingerprint density at radius 1 is 0.935 bits per heavy atom. The Morgan fingerprint density at radius 2 is 1.71 bits per heavy atom. The Morgan fingerprint density at radius 3 is 2.48 bits per heavy atom. The van der Waals surface area contributed by atoms with Crippen molar-refractivity contribution in [3.8, 4) is 23.0 Å². The van der Waals surface area contributed by atoms with Crippen LogP contribution < -0.4 is 24.3 Å². The maximum atomic E-state index is 6.06. The first kappa shape index (κ1) is 21.7. The number of hydrogen-bond acceptors (Lipinski definition) is 5. The van der Waals surface area contributed by atoms with Crippen LogP contribution >= 0.6 is 27.5 Å². The van der Waals surface area contributed by atoms with Gasteiger partial charge in [0.1, 0.15) is 19.8 Å². The van der Waals surface area contributed by atoms with E-state index in [1.807, 2.05) is 61.5 Å². The molecule has 1 N–H and O–H groups in total. The fraction of sp³-hybridized carbons (Fsp3) is 0.250. The van der Waals surface area contributed by atoms with Crippen LogP contribution in [0.2, 0.25) is 5.02 Å². The number of nitrogens with one attached hydrogen (secondary N) is 1. The van der Waals surface area contributed by atoms with E-state index in [1.165, 1.54) is 0 Å². The number of benzene rings is 3. The van der Waals surface area contributed by atoms with Gasteiger partial charge >= 0.3 is 0 Å². The Bertz CT molecular complexity index is 1040. The van der Waals surface area contributed by atoms with Gasteiger partial charge in [0.2, 0.25) is 0 Å². The number of anilines is 1. The lowest BCUT2D eigenvalue weighted by Crippen LogP contribution is -2.15. The van der Waals surface area contributed by atoms with Crippen LogP contribution in [0.1, 0.15) is 18.1 Å². The number of halogens is 2. The van der Waals surface area contributed by atoms with Crippen molar-refractivity contribution in [2.45, 2.75) is 20.1 Å². The van der Waals surface area contributed by atoms with E-state index in [1.54, 1.807) is 0 Å². The van der Waals surface area contributed by atoms with E-state index in [0.29, 0.717) is 49.5 Å². The van der Waals surface area contributed by atoms with Crippen molar-refractivity contribution < 1.29 is 18.9 Å². The highest BCUT2D eigenvalue weighted by atomic mass is 79.9. The van der Waals surface area contributed by atoms with Crippen molar-refractivity contribution in [1.29, 1.82) is 0 Å². The second kappa shape index (κ2) is 10.2. The third kappa shape index (κ3) is 5.57. The van der Waals surface area contributed by atoms with Gasteiger partial charge in [-0.3, -0.25) is 0 Å². The molecule has 0 amide bonds. The molecular formula is C24H23BrClNO4. The highest BCUT2D eigenvalue weighted by molar-refractivity contribution is 9.10. The molecule has 0 unspecified atom stereocenters. The lowest BCUT2D eigenvalue weighted by molar-refractivity contribution is 0.171. The summed E-state index contributed by atoms with van der Waals surface area (Å²) in [5.41, 5.74) is 3.05. The molecule has 0 bridgehead atoms. The Kier molecular flexibility index (Phi) is 7.10. The van der Waals surface area contributed by atoms with E-state index in [4.69, 9.17) is 30.5 Å². The van der Waals surface area contributed by atoms with Gasteiger partial charge in [-0.05, 0) is 70.4 Å². The van der Waals surface area contributed by atoms with Gasteiger partial charge < -0.3 is 24.3 Å². The molecule has 31 heavy (non-hydrogen) atoms. The van der Waals surface area contributed by atoms with Crippen LogP contribution in [0.5, 0.6) is 23.0 Å². The summed E-state index contributed by atoms with van der Waals surface area (Å²) in [4.78, 5) is 0. The van der Waals surface area contributed by atoms with E-state index < -0.39 is 0 Å². The molecule has 4 rings (SSSR count). The minimum atomic E-state index is 0.421. The molecule has 1 aliphatic heterocycles. The summed E-state index contributed by atoms with van der Waals surface area (Å²) in [6.45, 7) is 4.69. The summed E-state index contributed by atoms with van der Waals surface area (Å²) in [6, 6.07) is 17.5. The molecule has 7 heteroatoms. The predicted molar refractivity (Wildman–Crippen MR) is 126 cm³/mol. The van der Waals surface area contributed by atoms with Crippen LogP contribution in [0.15, 0.2) is 59.1 Å². The Hall–Kier alpha value is -2.57. The van der Waals surface area contributed by atoms with Crippen LogP contribution in [0.25, 0.3) is 0 Å². The summed E-state index contributed by atoms with van der Waals surface area (Å²) in [6.07, 6.45) is 0. The average molecular weight is 505 g/mol. The van der Waals surface area contributed by atoms with Crippen LogP contribution in [-0.2, 0) is 13.2 Å². The predicted octanol–water partition coefficient (Wildman–Crippen LogP) is 6.46. The fourth-order valence-corrected chi connectivity index (χ4v) is 3.95. The number of ether oxygens (including phenoxy) is 4. The number of hydrogen-bond donors (Lipinski definition) is 1. The molecule has 0 atom stereocenters. The molecule has 1 heterocycles. The third-order valence-electron chi connectivity index (χ3n) is 4.70. The van der Waals surface area contributed by atoms with Crippen molar-refractivity contribution in [2.24, 2.45) is 0 Å². The van der Waals surface area contributed by atoms with E-state index in [2.05, 4.69) is 21.2 Å². The monoisotopic (exact) mass is 503 g/mol. The van der Waals surface area contributed by atoms with Crippen molar-refractivity contribution in [2.75, 3.05) is 25.1 Å². The van der Waals surface area contributed by atoms with Crippen molar-refractivity contribution >= 4 is 33.2 Å². The molecule has 3 aromatic rings. The standard InChI is InChI=1S/C24H23BrClNO4/c1-2-28-23-12-17(14-27-19-7-8-21-22(13-19)30-10-9-29-21)11-20(25)24(23)31-15-16-3-5-18(26)6-4-16/h3-8,11-13,27H,2,9-10,14-15H2,1H3. The van der Waals surface area contributed by atoms with Gasteiger partial charge in [0.15, 0.2) is 23.0 Å². The normalized spacial score (nSPS) is 12.4. The minimum absolute atomic E-state index is 0.421. The molecule has 0 aliphatic carbocycles. The molecule has 3 aromatic carbocycles. The molecule has 1 aliphatic rings. The first-order valence-electron chi connectivity index (χ1n) is 10.1. The zero-order valence-electron chi connectivity index (χ0n) is 17.1. The highest BCUT2D eigenvalue weighted by Crippen LogP contribution is 2.38. The van der Waals surface area contributed by atoms with Gasteiger partial charge in [0.25, 0.3) is 0 Å². The highest BCUT2D eigenvalue weighted by Gasteiger charge is 2.14. The molecule has 0 saturated heterocycles. The maximum absolute atomic E-state index is 6.06. The quantitative estimate of drug-likeness (QED) is 0.381. The lowest BCUT2D eigenvalue weighted by Gasteiger charge is -2.19. The SMILES string of the molecule is CCOc1cc(CNc2ccc3c(c2)OCCO3)cc(Br)c1OCc1ccc(Cl)cc1. The zero-order valence-corrected chi connectivity index (χ0v) is 19.5. The molecule has 0 spiro atoms. The largest absolute Gasteiger partial charge is 0.490 e. The summed E-state index contributed by atoms with van der Waals surface area (Å²) in [5, 5.41) is 4.13. The Labute approximate surface area is 195 Å². The van der Waals surface area contributed by atoms with E-state index in [9.17, 15) is 0 Å². The molecule has 0 radical (unpaired) electrons. The second-order valence-electron chi connectivity index (χ2n) is 6.97. The topological polar surface area (TPSA) is 49.0 Å². The average Bonchev–Trinajstić information content (AvgIpc) is 2.78. The third-order valence-corrected chi connectivity index (χ3v) is 5.55. The smallest absolute Gasteiger partial charge is 0.175 e. The van der Waals surface area contributed by atoms with Crippen LogP contribution in [0.3, 0.4) is 0 Å². The fourth-order valence-electron chi connectivity index (χ4n) is 3.22. The summed E-state index contributed by atoms with van der Waals surface area (Å²) < 4.78 is 24.0. The Balaban J connectivity index is 1.46. The first-order valence-corrected chi connectivity index (χ1v) is 11.3. The zero-order chi connectivity index (χ0) is 21.6. The van der Waals surface area contributed by atoms with Gasteiger partial charge in [-0.1, -0.05) is 23.7 Å². The summed E-state index contributed by atoms with van der Waals surface area (Å²) in [7, 11) is 0. The van der Waals surface area contributed by atoms with Gasteiger partial charge in [-0.15, -0.1) is 0 Å². The van der Waals surface area contributed by atoms with Crippen LogP contribution in [0, 0.1) is 0 Å². The van der Waals surface area contributed by atoms with Crippen molar-refractivity contribution in [3.05, 3.63) is 75.2 Å². The van der Waals surface area contributed by atoms with Crippen molar-refractivity contribution in [1.82, 2.24) is 0 Å². The lowest BCUT2D eigenvalue weighted by atomic mass is 10.2. The van der Waals surface area contributed by atoms with Gasteiger partial charge in [-0.25, -0.2) is 0 Å². The van der Waals surface area contributed by atoms with Gasteiger partial charge in [-0.2, -0.15) is 0 Å². The van der Waals surface area contributed by atoms with Crippen molar-refractivity contribution in [3.63, 3.8) is 0 Å². The summed E-state index contributed by atoms with van der Waals surface area (Å²) in [5.74, 6) is 2.92. The van der Waals surface area contributed by atoms with E-state index in [0.717, 1.165) is 32.8 Å². The molecule has 0 aromatic heterocycles. The molecule has 162 valence electrons. The molecular weight excluding hydrogens is 482 g/mol. The molecule has 5 nitrogen and oxygen atoms in total. The summed E-state index contributed by atoms with van der Waals surface area (Å²) >= 11 is 9.60. The maximum Gasteiger partial charge on any atom is 0.175 e. The number of rotatable bonds is 8. The van der Waals surface area contributed by atoms with Crippen LogP contribution in [0.4, 0.5) is 5.69 Å². The van der Waals surface area contributed by atoms with Gasteiger partial charge in [0, 0.05) is 23.3 Å². The molecule has 0 fully saturated rings. The van der Waals surface area contributed by atoms with E-state index in [-0.39, 0.29) is 0 Å². The number of fused-ring (bicyclic) bond motifs is 1. The van der Waals surface area contributed by atoms with Gasteiger partial charge in [0.05, 0.1) is 11.1 Å². The van der Waals surface area contributed by atoms with E-state index >= 15 is 0 Å². The van der Waals surface area contributed by atoms with Crippen LogP contribution in [-0.4, -0.2) is 19.8 Å². The second-order valence-corrected chi connectivity index (χ2v) is 8.26. The first-order chi connectivity index (χ1) is 15.1.